The molecule has 1 rings (SSSR count). The molecule has 1 aromatic carbocycles. The van der Waals surface area contributed by atoms with Crippen molar-refractivity contribution in [3.8, 4) is 5.75 Å². The molecule has 0 heterocycles. The van der Waals surface area contributed by atoms with Crippen molar-refractivity contribution < 1.29 is 23.0 Å². The zero-order chi connectivity index (χ0) is 15.8. The highest BCUT2D eigenvalue weighted by molar-refractivity contribution is 5.74. The molecule has 118 valence electrons. The normalized spacial score (nSPS) is 13.4. The molecular formula is C14H20F2N2O3. The fraction of sp³-hybridized carbons (Fsp3) is 0.500. The van der Waals surface area contributed by atoms with Gasteiger partial charge in [0.15, 0.2) is 11.6 Å². The lowest BCUT2D eigenvalue weighted by Crippen LogP contribution is -2.47. The average molecular weight is 302 g/mol. The van der Waals surface area contributed by atoms with Gasteiger partial charge in [-0.2, -0.15) is 0 Å². The van der Waals surface area contributed by atoms with Gasteiger partial charge < -0.3 is 20.1 Å². The number of hydrogen-bond donors (Lipinski definition) is 2. The van der Waals surface area contributed by atoms with Gasteiger partial charge in [0.2, 0.25) is 0 Å². The molecule has 2 unspecified atom stereocenters. The first-order chi connectivity index (χ1) is 9.92. The van der Waals surface area contributed by atoms with Crippen LogP contribution in [0.15, 0.2) is 18.2 Å². The highest BCUT2D eigenvalue weighted by Gasteiger charge is 2.12. The van der Waals surface area contributed by atoms with Crippen molar-refractivity contribution in [1.29, 1.82) is 0 Å². The van der Waals surface area contributed by atoms with Gasteiger partial charge in [0, 0.05) is 13.2 Å². The Morgan fingerprint density at radius 2 is 1.81 bits per heavy atom. The number of urea groups is 1. The maximum Gasteiger partial charge on any atom is 0.315 e. The number of hydrogen-bond acceptors (Lipinski definition) is 3. The van der Waals surface area contributed by atoms with Gasteiger partial charge in [-0.1, -0.05) is 0 Å². The molecule has 2 atom stereocenters. The molecular weight excluding hydrogens is 282 g/mol. The standard InChI is InChI=1S/C14H20F2N2O3/c1-9(7-20-3)17-14(19)18-10(2)8-21-13-5-4-11(15)6-12(13)16/h4-6,9-10H,7-8H2,1-3H3,(H2,17,18,19). The van der Waals surface area contributed by atoms with Gasteiger partial charge in [0.1, 0.15) is 12.4 Å². The summed E-state index contributed by atoms with van der Waals surface area (Å²) in [7, 11) is 1.55. The summed E-state index contributed by atoms with van der Waals surface area (Å²) in [4.78, 5) is 11.6. The molecule has 0 saturated heterocycles. The van der Waals surface area contributed by atoms with E-state index in [0.29, 0.717) is 6.61 Å². The molecule has 0 aliphatic rings. The maximum absolute atomic E-state index is 13.3. The minimum atomic E-state index is -0.777. The highest BCUT2D eigenvalue weighted by atomic mass is 19.1. The van der Waals surface area contributed by atoms with Crippen LogP contribution in [-0.4, -0.2) is 38.4 Å². The van der Waals surface area contributed by atoms with Crippen molar-refractivity contribution in [2.75, 3.05) is 20.3 Å². The van der Waals surface area contributed by atoms with E-state index in [-0.39, 0.29) is 30.5 Å². The molecule has 0 spiro atoms. The van der Waals surface area contributed by atoms with E-state index in [2.05, 4.69) is 10.6 Å². The topological polar surface area (TPSA) is 59.6 Å². The van der Waals surface area contributed by atoms with Crippen LogP contribution in [0.1, 0.15) is 13.8 Å². The van der Waals surface area contributed by atoms with Crippen LogP contribution in [0.25, 0.3) is 0 Å². The highest BCUT2D eigenvalue weighted by Crippen LogP contribution is 2.17. The number of carbonyl (C=O) groups is 1. The van der Waals surface area contributed by atoms with E-state index >= 15 is 0 Å². The Morgan fingerprint density at radius 1 is 1.19 bits per heavy atom. The van der Waals surface area contributed by atoms with Gasteiger partial charge in [-0.05, 0) is 26.0 Å². The molecule has 0 aliphatic carbocycles. The Labute approximate surface area is 122 Å². The van der Waals surface area contributed by atoms with E-state index in [1.807, 2.05) is 0 Å². The summed E-state index contributed by atoms with van der Waals surface area (Å²) in [5.41, 5.74) is 0. The first-order valence-electron chi connectivity index (χ1n) is 6.56. The van der Waals surface area contributed by atoms with Gasteiger partial charge in [0.25, 0.3) is 0 Å². The second-order valence-electron chi connectivity index (χ2n) is 4.76. The summed E-state index contributed by atoms with van der Waals surface area (Å²) >= 11 is 0. The Balaban J connectivity index is 2.36. The number of benzene rings is 1. The second-order valence-corrected chi connectivity index (χ2v) is 4.76. The van der Waals surface area contributed by atoms with E-state index in [0.717, 1.165) is 12.1 Å². The fourth-order valence-electron chi connectivity index (χ4n) is 1.63. The van der Waals surface area contributed by atoms with Gasteiger partial charge in [-0.15, -0.1) is 0 Å². The monoisotopic (exact) mass is 302 g/mol. The van der Waals surface area contributed by atoms with Crippen LogP contribution >= 0.6 is 0 Å². The van der Waals surface area contributed by atoms with E-state index in [1.165, 1.54) is 6.07 Å². The molecule has 0 fully saturated rings. The van der Waals surface area contributed by atoms with E-state index < -0.39 is 11.6 Å². The number of nitrogens with one attached hydrogen (secondary N) is 2. The lowest BCUT2D eigenvalue weighted by Gasteiger charge is -2.18. The molecule has 1 aromatic rings. The van der Waals surface area contributed by atoms with Gasteiger partial charge >= 0.3 is 6.03 Å². The summed E-state index contributed by atoms with van der Waals surface area (Å²) < 4.78 is 36.2. The summed E-state index contributed by atoms with van der Waals surface area (Å²) in [5, 5.41) is 5.32. The minimum Gasteiger partial charge on any atom is -0.488 e. The van der Waals surface area contributed by atoms with Crippen molar-refractivity contribution >= 4 is 6.03 Å². The average Bonchev–Trinajstić information content (AvgIpc) is 2.37. The third-order valence-electron chi connectivity index (χ3n) is 2.55. The SMILES string of the molecule is COCC(C)NC(=O)NC(C)COc1ccc(F)cc1F. The molecule has 2 amide bonds. The maximum atomic E-state index is 13.3. The summed E-state index contributed by atoms with van der Waals surface area (Å²) in [6.07, 6.45) is 0. The number of carbonyl (C=O) groups excluding carboxylic acids is 1. The summed E-state index contributed by atoms with van der Waals surface area (Å²) in [6.45, 7) is 3.98. The smallest absolute Gasteiger partial charge is 0.315 e. The van der Waals surface area contributed by atoms with Gasteiger partial charge in [-0.25, -0.2) is 13.6 Å². The minimum absolute atomic E-state index is 0.0572. The molecule has 0 aromatic heterocycles. The van der Waals surface area contributed by atoms with Crippen LogP contribution in [0.3, 0.4) is 0 Å². The molecule has 5 nitrogen and oxygen atoms in total. The molecule has 21 heavy (non-hydrogen) atoms. The lowest BCUT2D eigenvalue weighted by atomic mass is 10.3. The second kappa shape index (κ2) is 8.41. The Hall–Kier alpha value is -1.89. The molecule has 7 heteroatoms. The Bertz CT molecular complexity index is 472. The summed E-state index contributed by atoms with van der Waals surface area (Å²) in [5.74, 6) is -1.50. The Morgan fingerprint density at radius 3 is 2.38 bits per heavy atom. The van der Waals surface area contributed by atoms with Crippen LogP contribution in [0.5, 0.6) is 5.75 Å². The van der Waals surface area contributed by atoms with Crippen molar-refractivity contribution in [3.63, 3.8) is 0 Å². The van der Waals surface area contributed by atoms with Crippen LogP contribution in [0.4, 0.5) is 13.6 Å². The number of amides is 2. The zero-order valence-electron chi connectivity index (χ0n) is 12.3. The number of methoxy groups -OCH3 is 1. The predicted octanol–water partition coefficient (Wildman–Crippen LogP) is 2.07. The lowest BCUT2D eigenvalue weighted by molar-refractivity contribution is 0.169. The quantitative estimate of drug-likeness (QED) is 0.810. The van der Waals surface area contributed by atoms with E-state index in [4.69, 9.17) is 9.47 Å². The Kier molecular flexibility index (Phi) is 6.87. The molecule has 0 radical (unpaired) electrons. The summed E-state index contributed by atoms with van der Waals surface area (Å²) in [6, 6.07) is 2.22. The van der Waals surface area contributed by atoms with E-state index in [9.17, 15) is 13.6 Å². The van der Waals surface area contributed by atoms with Crippen LogP contribution in [0, 0.1) is 11.6 Å². The van der Waals surface area contributed by atoms with Gasteiger partial charge in [-0.3, -0.25) is 0 Å². The van der Waals surface area contributed by atoms with Crippen molar-refractivity contribution in [2.24, 2.45) is 0 Å². The molecule has 0 aliphatic heterocycles. The third kappa shape index (κ3) is 6.40. The molecule has 0 saturated carbocycles. The number of rotatable bonds is 7. The zero-order valence-corrected chi connectivity index (χ0v) is 12.3. The first kappa shape index (κ1) is 17.2. The first-order valence-corrected chi connectivity index (χ1v) is 6.56. The molecule has 2 N–H and O–H groups in total. The fourth-order valence-corrected chi connectivity index (χ4v) is 1.63. The van der Waals surface area contributed by atoms with Crippen molar-refractivity contribution in [2.45, 2.75) is 25.9 Å². The van der Waals surface area contributed by atoms with Crippen LogP contribution < -0.4 is 15.4 Å². The van der Waals surface area contributed by atoms with Crippen LogP contribution in [-0.2, 0) is 4.74 Å². The van der Waals surface area contributed by atoms with Crippen molar-refractivity contribution in [1.82, 2.24) is 10.6 Å². The molecule has 0 bridgehead atoms. The predicted molar refractivity (Wildman–Crippen MR) is 74.3 cm³/mol. The largest absolute Gasteiger partial charge is 0.488 e. The van der Waals surface area contributed by atoms with Crippen LogP contribution in [0.2, 0.25) is 0 Å². The third-order valence-corrected chi connectivity index (χ3v) is 2.55. The van der Waals surface area contributed by atoms with E-state index in [1.54, 1.807) is 21.0 Å². The number of ether oxygens (including phenoxy) is 2. The van der Waals surface area contributed by atoms with Crippen molar-refractivity contribution in [3.05, 3.63) is 29.8 Å². The van der Waals surface area contributed by atoms with Gasteiger partial charge in [0.05, 0.1) is 18.7 Å². The number of halogens is 2.